The Bertz CT molecular complexity index is 1540. The predicted molar refractivity (Wildman–Crippen MR) is 171 cm³/mol. The molecule has 0 spiro atoms. The van der Waals surface area contributed by atoms with Gasteiger partial charge in [-0.2, -0.15) is 0 Å². The van der Waals surface area contributed by atoms with Gasteiger partial charge in [-0.05, 0) is 12.1 Å². The van der Waals surface area contributed by atoms with Gasteiger partial charge in [0.05, 0.1) is 4.92 Å². The summed E-state index contributed by atoms with van der Waals surface area (Å²) in [6.07, 6.45) is -12.2. The van der Waals surface area contributed by atoms with Crippen LogP contribution in [0.1, 0.15) is 48.5 Å². The summed E-state index contributed by atoms with van der Waals surface area (Å²) in [4.78, 5) is 96.5. The van der Waals surface area contributed by atoms with Crippen molar-refractivity contribution in [1.82, 2.24) is 10.6 Å². The van der Waals surface area contributed by atoms with Crippen LogP contribution in [-0.4, -0.2) is 121 Å². The quantitative estimate of drug-likeness (QED) is 0.107. The Hall–Kier alpha value is -5.41. The largest absolute Gasteiger partial charge is 0.463 e. The van der Waals surface area contributed by atoms with E-state index in [4.69, 9.17) is 42.6 Å². The van der Waals surface area contributed by atoms with E-state index in [0.717, 1.165) is 60.6 Å². The number of amides is 2. The van der Waals surface area contributed by atoms with E-state index in [2.05, 4.69) is 10.6 Å². The van der Waals surface area contributed by atoms with Crippen LogP contribution in [0.5, 0.6) is 5.75 Å². The molecule has 0 bridgehead atoms. The van der Waals surface area contributed by atoms with E-state index in [1.807, 2.05) is 0 Å². The smallest absolute Gasteiger partial charge is 0.303 e. The second kappa shape index (κ2) is 18.9. The average molecular weight is 756 g/mol. The Balaban J connectivity index is 2.16. The number of nitro benzene ring substituents is 1. The lowest BCUT2D eigenvalue weighted by atomic mass is 9.94. The first kappa shape index (κ1) is 42.0. The van der Waals surface area contributed by atoms with Gasteiger partial charge in [0.2, 0.25) is 18.1 Å². The SMILES string of the molecule is CC(=O)N[C@H]1[C@H](O[C@H]2[C@H](OC(C)=O)[C@@H](NC(C)=O)[C@@H](Oc3ccc([N+](=O)[O-])cc3)O[C@@H]2COC(C)=O)O[C@H](COC(C)=O)[C@@H](OC(C)=O)[C@@H]1OC(C)=O. The van der Waals surface area contributed by atoms with Crippen LogP contribution in [0.15, 0.2) is 24.3 Å². The number of nitro groups is 1. The van der Waals surface area contributed by atoms with E-state index < -0.39 is 121 Å². The third-order valence-electron chi connectivity index (χ3n) is 7.43. The normalized spacial score (nSPS) is 27.9. The summed E-state index contributed by atoms with van der Waals surface area (Å²) < 4.78 is 51.6. The number of non-ortho nitro benzene ring substituents is 1. The minimum atomic E-state index is -1.72. The van der Waals surface area contributed by atoms with Crippen molar-refractivity contribution in [2.24, 2.45) is 0 Å². The first-order valence-corrected chi connectivity index (χ1v) is 16.1. The molecule has 2 aliphatic heterocycles. The molecule has 2 amide bonds. The molecular formula is C32H41N3O18. The van der Waals surface area contributed by atoms with E-state index in [1.54, 1.807) is 0 Å². The number of ether oxygens (including phenoxy) is 9. The highest BCUT2D eigenvalue weighted by Crippen LogP contribution is 2.34. The van der Waals surface area contributed by atoms with Crippen molar-refractivity contribution in [2.75, 3.05) is 13.2 Å². The Morgan fingerprint density at radius 2 is 1.04 bits per heavy atom. The number of carbonyl (C=O) groups is 7. The fourth-order valence-electron chi connectivity index (χ4n) is 5.56. The second-order valence-corrected chi connectivity index (χ2v) is 11.8. The van der Waals surface area contributed by atoms with Gasteiger partial charge in [-0.1, -0.05) is 0 Å². The van der Waals surface area contributed by atoms with Crippen LogP contribution in [0, 0.1) is 10.1 Å². The number of hydrogen-bond donors (Lipinski definition) is 2. The van der Waals surface area contributed by atoms with Crippen molar-refractivity contribution in [3.63, 3.8) is 0 Å². The van der Waals surface area contributed by atoms with Gasteiger partial charge >= 0.3 is 29.8 Å². The summed E-state index contributed by atoms with van der Waals surface area (Å²) in [6, 6.07) is 1.92. The standard InChI is InChI=1S/C32H41N3O18/c1-14(36)33-25-30(49-20(7)42)28(24(13-46-17(4)39)51-31(25)50-22-10-8-21(9-11-22)35(43)44)53-32-26(34-15(2)37)29(48-19(6)41)27(47-18(5)40)23(52-32)12-45-16(3)38/h8-11,23-32H,12-13H2,1-7H3,(H,33,36)(H,34,37)/t23-,24-,25-,26-,27-,28-,29-,30-,31+,32+/m1/s1. The van der Waals surface area contributed by atoms with E-state index in [-0.39, 0.29) is 11.4 Å². The summed E-state index contributed by atoms with van der Waals surface area (Å²) >= 11 is 0. The van der Waals surface area contributed by atoms with Crippen molar-refractivity contribution in [3.05, 3.63) is 34.4 Å². The number of nitrogens with zero attached hydrogens (tertiary/aromatic N) is 1. The average Bonchev–Trinajstić information content (AvgIpc) is 3.03. The summed E-state index contributed by atoms with van der Waals surface area (Å²) in [5, 5.41) is 16.3. The molecule has 0 unspecified atom stereocenters. The minimum absolute atomic E-state index is 0.0264. The molecular weight excluding hydrogens is 714 g/mol. The molecule has 0 aromatic heterocycles. The second-order valence-electron chi connectivity index (χ2n) is 11.8. The third-order valence-corrected chi connectivity index (χ3v) is 7.43. The summed E-state index contributed by atoms with van der Waals surface area (Å²) in [5.41, 5.74) is -0.254. The van der Waals surface area contributed by atoms with Gasteiger partial charge in [-0.25, -0.2) is 0 Å². The maximum Gasteiger partial charge on any atom is 0.303 e. The lowest BCUT2D eigenvalue weighted by Gasteiger charge is -2.49. The van der Waals surface area contributed by atoms with Crippen molar-refractivity contribution < 1.29 is 81.1 Å². The molecule has 1 aromatic rings. The fraction of sp³-hybridized carbons (Fsp3) is 0.594. The van der Waals surface area contributed by atoms with Gasteiger partial charge in [0.25, 0.3) is 5.69 Å². The van der Waals surface area contributed by atoms with E-state index in [9.17, 15) is 43.7 Å². The van der Waals surface area contributed by atoms with Gasteiger partial charge in [-0.15, -0.1) is 0 Å². The van der Waals surface area contributed by atoms with Crippen molar-refractivity contribution in [3.8, 4) is 5.75 Å². The fourth-order valence-corrected chi connectivity index (χ4v) is 5.56. The Labute approximate surface area is 302 Å². The monoisotopic (exact) mass is 755 g/mol. The van der Waals surface area contributed by atoms with Crippen LogP contribution in [0.3, 0.4) is 0 Å². The van der Waals surface area contributed by atoms with Gasteiger partial charge < -0.3 is 53.3 Å². The molecule has 292 valence electrons. The summed E-state index contributed by atoms with van der Waals surface area (Å²) in [5.74, 6) is -5.45. The van der Waals surface area contributed by atoms with Gasteiger partial charge in [0.1, 0.15) is 49.4 Å². The first-order chi connectivity index (χ1) is 24.9. The zero-order valence-corrected chi connectivity index (χ0v) is 29.8. The number of hydrogen-bond acceptors (Lipinski definition) is 18. The van der Waals surface area contributed by atoms with Crippen molar-refractivity contribution in [2.45, 2.75) is 110 Å². The van der Waals surface area contributed by atoms with E-state index in [1.165, 1.54) is 12.1 Å². The Morgan fingerprint density at radius 3 is 1.47 bits per heavy atom. The van der Waals surface area contributed by atoms with Gasteiger partial charge in [0.15, 0.2) is 24.6 Å². The minimum Gasteiger partial charge on any atom is -0.463 e. The molecule has 0 saturated carbocycles. The molecule has 3 rings (SSSR count). The van der Waals surface area contributed by atoms with E-state index in [0.29, 0.717) is 0 Å². The molecule has 2 N–H and O–H groups in total. The Kier molecular flexibility index (Phi) is 15.0. The van der Waals surface area contributed by atoms with Gasteiger partial charge in [-0.3, -0.25) is 43.7 Å². The number of rotatable bonds is 14. The number of benzene rings is 1. The molecule has 0 radical (unpaired) electrons. The van der Waals surface area contributed by atoms with Crippen LogP contribution in [-0.2, 0) is 71.5 Å². The summed E-state index contributed by atoms with van der Waals surface area (Å²) in [6.45, 7) is 6.47. The molecule has 2 heterocycles. The Morgan fingerprint density at radius 1 is 0.623 bits per heavy atom. The molecule has 2 fully saturated rings. The number of nitrogens with one attached hydrogen (secondary N) is 2. The lowest BCUT2D eigenvalue weighted by molar-refractivity contribution is -0.384. The zero-order chi connectivity index (χ0) is 39.6. The highest BCUT2D eigenvalue weighted by atomic mass is 16.7. The molecule has 2 saturated heterocycles. The van der Waals surface area contributed by atoms with Crippen LogP contribution in [0.4, 0.5) is 5.69 Å². The molecule has 0 aliphatic carbocycles. The molecule has 10 atom stereocenters. The lowest BCUT2D eigenvalue weighted by Crippen LogP contribution is -2.71. The number of carbonyl (C=O) groups excluding carboxylic acids is 7. The first-order valence-electron chi connectivity index (χ1n) is 16.1. The van der Waals surface area contributed by atoms with Crippen LogP contribution in [0.25, 0.3) is 0 Å². The van der Waals surface area contributed by atoms with Crippen molar-refractivity contribution in [1.29, 1.82) is 0 Å². The molecule has 21 heteroatoms. The topological polar surface area (TPSA) is 270 Å². The van der Waals surface area contributed by atoms with E-state index >= 15 is 0 Å². The maximum absolute atomic E-state index is 12.6. The third kappa shape index (κ3) is 12.4. The molecule has 53 heavy (non-hydrogen) atoms. The van der Waals surface area contributed by atoms with Crippen LogP contribution in [0.2, 0.25) is 0 Å². The highest BCUT2D eigenvalue weighted by molar-refractivity contribution is 5.74. The molecule has 2 aliphatic rings. The van der Waals surface area contributed by atoms with Crippen LogP contribution < -0.4 is 15.4 Å². The van der Waals surface area contributed by atoms with Crippen molar-refractivity contribution >= 4 is 47.3 Å². The van der Waals surface area contributed by atoms with Crippen LogP contribution >= 0.6 is 0 Å². The summed E-state index contributed by atoms with van der Waals surface area (Å²) in [7, 11) is 0. The maximum atomic E-state index is 12.6. The highest BCUT2D eigenvalue weighted by Gasteiger charge is 2.56. The number of esters is 5. The molecule has 21 nitrogen and oxygen atoms in total. The predicted octanol–water partition coefficient (Wildman–Crippen LogP) is -0.261. The van der Waals surface area contributed by atoms with Gasteiger partial charge in [0, 0.05) is 60.6 Å². The molecule has 1 aromatic carbocycles. The zero-order valence-electron chi connectivity index (χ0n) is 29.8.